The molecule has 0 radical (unpaired) electrons. The molecule has 254 valence electrons. The van der Waals surface area contributed by atoms with Crippen LogP contribution in [0.2, 0.25) is 0 Å². The topological polar surface area (TPSA) is 16.4 Å². The summed E-state index contributed by atoms with van der Waals surface area (Å²) in [6, 6.07) is 62.4. The zero-order chi connectivity index (χ0) is 35.5. The monoisotopic (exact) mass is 725 g/mol. The Morgan fingerprint density at radius 1 is 0.444 bits per heavy atom. The van der Waals surface area contributed by atoms with E-state index in [4.69, 9.17) is 4.42 Å². The first kappa shape index (κ1) is 30.3. The van der Waals surface area contributed by atoms with Crippen molar-refractivity contribution in [1.29, 1.82) is 0 Å². The van der Waals surface area contributed by atoms with Crippen LogP contribution in [0.25, 0.3) is 73.4 Å². The maximum atomic E-state index is 7.06. The lowest BCUT2D eigenvalue weighted by Gasteiger charge is -2.31. The fourth-order valence-corrected chi connectivity index (χ4v) is 11.5. The summed E-state index contributed by atoms with van der Waals surface area (Å²) in [4.78, 5) is 2.46. The van der Waals surface area contributed by atoms with Gasteiger partial charge in [-0.25, -0.2) is 0 Å². The first-order chi connectivity index (χ1) is 26.6. The average molecular weight is 726 g/mol. The number of para-hydroxylation sites is 1. The van der Waals surface area contributed by atoms with E-state index in [1.54, 1.807) is 0 Å². The van der Waals surface area contributed by atoms with E-state index in [1.807, 2.05) is 22.7 Å². The summed E-state index contributed by atoms with van der Waals surface area (Å²) in [7, 11) is 0. The second-order valence-corrected chi connectivity index (χ2v) is 16.7. The molecule has 12 rings (SSSR count). The van der Waals surface area contributed by atoms with Gasteiger partial charge in [0.2, 0.25) is 0 Å². The van der Waals surface area contributed by atoms with Gasteiger partial charge in [-0.2, -0.15) is 0 Å². The number of nitrogens with zero attached hydrogens (tertiary/aromatic N) is 1. The smallest absolute Gasteiger partial charge is 0.141 e. The Kier molecular flexibility index (Phi) is 6.26. The number of fused-ring (bicyclic) bond motifs is 12. The van der Waals surface area contributed by atoms with Crippen molar-refractivity contribution in [3.8, 4) is 11.1 Å². The van der Waals surface area contributed by atoms with E-state index in [0.29, 0.717) is 0 Å². The number of thiophene rings is 2. The van der Waals surface area contributed by atoms with Gasteiger partial charge < -0.3 is 9.32 Å². The van der Waals surface area contributed by atoms with Gasteiger partial charge in [0.05, 0.1) is 11.1 Å². The summed E-state index contributed by atoms with van der Waals surface area (Å²) in [6.07, 6.45) is 0. The van der Waals surface area contributed by atoms with Crippen molar-refractivity contribution in [3.63, 3.8) is 0 Å². The standard InChI is InChI=1S/C50H31NOS2/c1-50(39-17-7-2-12-32(39)33-13-3-8-18-40(33)50)41-25-26-42(48-37-16-4-9-19-43(37)52-49(41)48)51(30-23-27-46-38(28-30)35-15-6-11-21-45(35)53-46)31-22-24-36-34-14-5-10-20-44(34)54-47(36)29-31/h2-29H,1H3. The van der Waals surface area contributed by atoms with Crippen LogP contribution in [-0.4, -0.2) is 0 Å². The Morgan fingerprint density at radius 3 is 1.76 bits per heavy atom. The van der Waals surface area contributed by atoms with Gasteiger partial charge in [0.15, 0.2) is 0 Å². The van der Waals surface area contributed by atoms with Gasteiger partial charge in [-0.05, 0) is 83.8 Å². The number of hydrogen-bond donors (Lipinski definition) is 0. The van der Waals surface area contributed by atoms with Crippen molar-refractivity contribution < 1.29 is 4.42 Å². The number of furan rings is 1. The van der Waals surface area contributed by atoms with Crippen LogP contribution >= 0.6 is 22.7 Å². The molecular formula is C50H31NOS2. The van der Waals surface area contributed by atoms with Crippen molar-refractivity contribution in [1.82, 2.24) is 0 Å². The highest BCUT2D eigenvalue weighted by atomic mass is 32.1. The average Bonchev–Trinajstić information content (AvgIpc) is 3.97. The van der Waals surface area contributed by atoms with E-state index in [9.17, 15) is 0 Å². The Hall–Kier alpha value is -6.20. The zero-order valence-electron chi connectivity index (χ0n) is 29.3. The summed E-state index contributed by atoms with van der Waals surface area (Å²) in [5, 5.41) is 7.40. The SMILES string of the molecule is CC1(c2ccc(N(c3ccc4c(c3)sc3ccccc34)c3ccc4sc5ccccc5c4c3)c3c2oc2ccccc23)c2ccccc2-c2ccccc21. The minimum absolute atomic E-state index is 0.410. The third-order valence-corrected chi connectivity index (χ3v) is 14.0. The van der Waals surface area contributed by atoms with Crippen LogP contribution in [0, 0.1) is 0 Å². The summed E-state index contributed by atoms with van der Waals surface area (Å²) in [5.41, 5.74) is 11.1. The largest absolute Gasteiger partial charge is 0.456 e. The minimum atomic E-state index is -0.410. The van der Waals surface area contributed by atoms with Crippen molar-refractivity contribution in [2.75, 3.05) is 4.90 Å². The van der Waals surface area contributed by atoms with E-state index in [2.05, 4.69) is 182 Å². The molecule has 0 fully saturated rings. The fourth-order valence-electron chi connectivity index (χ4n) is 9.27. The van der Waals surface area contributed by atoms with Crippen molar-refractivity contribution in [2.24, 2.45) is 0 Å². The summed E-state index contributed by atoms with van der Waals surface area (Å²) in [5.74, 6) is 0. The quantitative estimate of drug-likeness (QED) is 0.180. The summed E-state index contributed by atoms with van der Waals surface area (Å²) < 4.78 is 12.2. The van der Waals surface area contributed by atoms with Crippen LogP contribution in [-0.2, 0) is 5.41 Å². The number of benzene rings is 8. The molecule has 1 aliphatic carbocycles. The highest BCUT2D eigenvalue weighted by Gasteiger charge is 2.43. The van der Waals surface area contributed by atoms with Crippen LogP contribution in [0.4, 0.5) is 17.1 Å². The van der Waals surface area contributed by atoms with E-state index in [-0.39, 0.29) is 0 Å². The van der Waals surface area contributed by atoms with Crippen molar-refractivity contribution in [3.05, 3.63) is 187 Å². The molecule has 2 nitrogen and oxygen atoms in total. The van der Waals surface area contributed by atoms with Gasteiger partial charge in [-0.3, -0.25) is 0 Å². The number of anilines is 3. The van der Waals surface area contributed by atoms with Crippen LogP contribution in [0.3, 0.4) is 0 Å². The van der Waals surface area contributed by atoms with Gasteiger partial charge in [0.25, 0.3) is 0 Å². The molecule has 0 unspecified atom stereocenters. The van der Waals surface area contributed by atoms with Crippen LogP contribution in [0.1, 0.15) is 23.6 Å². The molecule has 0 bridgehead atoms. The number of rotatable bonds is 4. The van der Waals surface area contributed by atoms with Crippen LogP contribution < -0.4 is 4.90 Å². The number of hydrogen-bond acceptors (Lipinski definition) is 4. The Bertz CT molecular complexity index is 3280. The zero-order valence-corrected chi connectivity index (χ0v) is 31.0. The predicted octanol–water partition coefficient (Wildman–Crippen LogP) is 15.1. The lowest BCUT2D eigenvalue weighted by atomic mass is 9.73. The molecule has 3 aromatic heterocycles. The summed E-state index contributed by atoms with van der Waals surface area (Å²) >= 11 is 3.72. The van der Waals surface area contributed by atoms with Crippen molar-refractivity contribution in [2.45, 2.75) is 12.3 Å². The maximum Gasteiger partial charge on any atom is 0.141 e. The Balaban J connectivity index is 1.17. The highest BCUT2D eigenvalue weighted by molar-refractivity contribution is 7.26. The van der Waals surface area contributed by atoms with Gasteiger partial charge in [-0.1, -0.05) is 115 Å². The normalized spacial score (nSPS) is 13.4. The molecule has 1 aliphatic rings. The van der Waals surface area contributed by atoms with Gasteiger partial charge >= 0.3 is 0 Å². The third kappa shape index (κ3) is 4.10. The molecule has 3 heterocycles. The Labute approximate surface area is 319 Å². The molecule has 0 atom stereocenters. The second-order valence-electron chi connectivity index (χ2n) is 14.5. The van der Waals surface area contributed by atoms with Gasteiger partial charge in [0, 0.05) is 68.1 Å². The molecule has 0 saturated carbocycles. The summed E-state index contributed by atoms with van der Waals surface area (Å²) in [6.45, 7) is 2.38. The predicted molar refractivity (Wildman–Crippen MR) is 232 cm³/mol. The molecule has 4 heteroatoms. The second kappa shape index (κ2) is 11.2. The van der Waals surface area contributed by atoms with Gasteiger partial charge in [-0.15, -0.1) is 22.7 Å². The first-order valence-electron chi connectivity index (χ1n) is 18.4. The van der Waals surface area contributed by atoms with E-state index >= 15 is 0 Å². The highest BCUT2D eigenvalue weighted by Crippen LogP contribution is 2.56. The van der Waals surface area contributed by atoms with E-state index in [1.165, 1.54) is 68.2 Å². The van der Waals surface area contributed by atoms with Crippen LogP contribution in [0.5, 0.6) is 0 Å². The van der Waals surface area contributed by atoms with E-state index in [0.717, 1.165) is 39.0 Å². The molecule has 0 spiro atoms. The van der Waals surface area contributed by atoms with Crippen molar-refractivity contribution >= 4 is 102 Å². The molecule has 0 N–H and O–H groups in total. The molecule has 11 aromatic rings. The first-order valence-corrected chi connectivity index (χ1v) is 20.1. The molecule has 8 aromatic carbocycles. The minimum Gasteiger partial charge on any atom is -0.456 e. The molecule has 54 heavy (non-hydrogen) atoms. The maximum absolute atomic E-state index is 7.06. The fraction of sp³-hybridized carbons (Fsp3) is 0.0400. The third-order valence-electron chi connectivity index (χ3n) is 11.7. The van der Waals surface area contributed by atoms with Gasteiger partial charge in [0.1, 0.15) is 11.2 Å². The lowest BCUT2D eigenvalue weighted by Crippen LogP contribution is -2.23. The van der Waals surface area contributed by atoms with Crippen LogP contribution in [0.15, 0.2) is 174 Å². The van der Waals surface area contributed by atoms with E-state index < -0.39 is 5.41 Å². The lowest BCUT2D eigenvalue weighted by molar-refractivity contribution is 0.638. The molecule has 0 aliphatic heterocycles. The Morgan fingerprint density at radius 2 is 1.00 bits per heavy atom. The molecule has 0 saturated heterocycles. The molecule has 0 amide bonds. The molecular weight excluding hydrogens is 695 g/mol.